The quantitative estimate of drug-likeness (QED) is 0.124. The molecule has 10 nitrogen and oxygen atoms in total. The first kappa shape index (κ1) is 34.4. The minimum atomic E-state index is -5.13. The van der Waals surface area contributed by atoms with Crippen molar-refractivity contribution in [2.45, 2.75) is 0 Å². The molecule has 0 saturated carbocycles. The van der Waals surface area contributed by atoms with E-state index in [-0.39, 0.29) is 81.9 Å². The monoisotopic (exact) mass is 603 g/mol. The van der Waals surface area contributed by atoms with E-state index in [1.54, 1.807) is 37.4 Å². The van der Waals surface area contributed by atoms with Crippen molar-refractivity contribution in [2.24, 2.45) is 0 Å². The van der Waals surface area contributed by atoms with Gasteiger partial charge in [-0.25, -0.2) is 0 Å². The van der Waals surface area contributed by atoms with E-state index in [9.17, 15) is 19.1 Å². The maximum absolute atomic E-state index is 14.1. The zero-order valence-corrected chi connectivity index (χ0v) is 28.9. The van der Waals surface area contributed by atoms with E-state index in [2.05, 4.69) is 0 Å². The zero-order valence-electron chi connectivity index (χ0n) is 23.1. The molecule has 0 spiro atoms. The number of carbonyl (C=O) groups excluding carboxylic acids is 1. The molecule has 40 heavy (non-hydrogen) atoms. The predicted molar refractivity (Wildman–Crippen MR) is 141 cm³/mol. The van der Waals surface area contributed by atoms with Gasteiger partial charge in [0.1, 0.15) is 11.5 Å². The van der Waals surface area contributed by atoms with Crippen LogP contribution in [0.3, 0.4) is 0 Å². The van der Waals surface area contributed by atoms with Crippen molar-refractivity contribution in [2.75, 3.05) is 40.6 Å². The molecule has 14 heteroatoms. The average molecular weight is 603 g/mol. The summed E-state index contributed by atoms with van der Waals surface area (Å²) in [6.45, 7) is 0. The van der Waals surface area contributed by atoms with Gasteiger partial charge in [0.05, 0.1) is 41.2 Å². The first-order valence-electron chi connectivity index (χ1n) is 11.1. The molecule has 0 amide bonds. The number of methoxy groups -OCH3 is 5. The Morgan fingerprint density at radius 3 is 1.95 bits per heavy atom. The second kappa shape index (κ2) is 14.4. The summed E-state index contributed by atoms with van der Waals surface area (Å²) in [5.74, 6) is 1.40. The van der Waals surface area contributed by atoms with Gasteiger partial charge in [0.2, 0.25) is 5.75 Å². The standard InChI is InChI=1S/C26H26NO9PS.2Na/c1-32-16-7-8-17-22(13-16)38-26(14-6-9-19(33-2)18(10-14)27-37(29,30)31)23(17)24(28)15-11-20(34-3)25(36-5)21(12-15)35-4;;/h6-13H,1-5H3,(H3,27,29,30,31);;/q;2*+1/p-2. The fourth-order valence-electron chi connectivity index (χ4n) is 4.07. The summed E-state index contributed by atoms with van der Waals surface area (Å²) in [5, 5.41) is 2.62. The number of hydrogen-bond acceptors (Lipinski definition) is 10. The fourth-order valence-corrected chi connectivity index (χ4v) is 5.77. The zero-order chi connectivity index (χ0) is 27.6. The van der Waals surface area contributed by atoms with Crippen molar-refractivity contribution in [1.29, 1.82) is 0 Å². The number of ketones is 1. The van der Waals surface area contributed by atoms with E-state index in [0.717, 1.165) is 4.70 Å². The van der Waals surface area contributed by atoms with Crippen molar-refractivity contribution in [3.8, 4) is 39.2 Å². The van der Waals surface area contributed by atoms with Crippen molar-refractivity contribution < 1.29 is 102 Å². The maximum atomic E-state index is 14.1. The normalized spacial score (nSPS) is 10.7. The number of benzene rings is 3. The molecule has 0 radical (unpaired) electrons. The van der Waals surface area contributed by atoms with Crippen LogP contribution in [0.1, 0.15) is 15.9 Å². The molecule has 4 aromatic rings. The largest absolute Gasteiger partial charge is 1.00 e. The van der Waals surface area contributed by atoms with Gasteiger partial charge in [0.15, 0.2) is 17.3 Å². The van der Waals surface area contributed by atoms with E-state index in [0.29, 0.717) is 44.4 Å². The van der Waals surface area contributed by atoms with Gasteiger partial charge in [-0.2, -0.15) is 0 Å². The smallest absolute Gasteiger partial charge is 0.795 e. The average Bonchev–Trinajstić information content (AvgIpc) is 3.29. The van der Waals surface area contributed by atoms with Crippen LogP contribution in [0, 0.1) is 0 Å². The van der Waals surface area contributed by atoms with E-state index < -0.39 is 7.75 Å². The third-order valence-electron chi connectivity index (χ3n) is 5.77. The minimum Gasteiger partial charge on any atom is -0.795 e. The molecule has 0 fully saturated rings. The molecule has 3 aromatic carbocycles. The first-order chi connectivity index (χ1) is 18.1. The Morgan fingerprint density at radius 2 is 1.43 bits per heavy atom. The van der Waals surface area contributed by atoms with Crippen molar-refractivity contribution in [3.05, 3.63) is 59.7 Å². The Balaban J connectivity index is 0.00000280. The first-order valence-corrected chi connectivity index (χ1v) is 13.4. The number of fused-ring (bicyclic) bond motifs is 1. The Bertz CT molecular complexity index is 1550. The molecule has 0 saturated heterocycles. The van der Waals surface area contributed by atoms with Crippen LogP contribution < -0.4 is 97.7 Å². The number of ether oxygens (including phenoxy) is 5. The number of anilines is 1. The van der Waals surface area contributed by atoms with Crippen molar-refractivity contribution in [1.82, 2.24) is 0 Å². The maximum Gasteiger partial charge on any atom is 1.00 e. The van der Waals surface area contributed by atoms with Crippen LogP contribution in [0.4, 0.5) is 5.69 Å². The molecule has 1 heterocycles. The molecule has 0 aliphatic carbocycles. The van der Waals surface area contributed by atoms with Crippen molar-refractivity contribution >= 4 is 40.6 Å². The van der Waals surface area contributed by atoms with Crippen molar-refractivity contribution in [3.63, 3.8) is 0 Å². The van der Waals surface area contributed by atoms with Crippen LogP contribution >= 0.6 is 19.1 Å². The molecule has 0 atom stereocenters. The fraction of sp³-hybridized carbons (Fsp3) is 0.192. The molecule has 1 N–H and O–H groups in total. The van der Waals surface area contributed by atoms with Gasteiger partial charge in [0, 0.05) is 33.8 Å². The molecule has 0 aliphatic rings. The molecule has 0 unspecified atom stereocenters. The van der Waals surface area contributed by atoms with E-state index in [1.165, 1.54) is 51.9 Å². The summed E-state index contributed by atoms with van der Waals surface area (Å²) in [6, 6.07) is 13.1. The Hall–Kier alpha value is -1.76. The molecular weight excluding hydrogens is 579 g/mol. The van der Waals surface area contributed by atoms with E-state index in [4.69, 9.17) is 23.7 Å². The molecule has 0 aliphatic heterocycles. The van der Waals surface area contributed by atoms with Crippen LogP contribution in [0.5, 0.6) is 28.7 Å². The topological polar surface area (TPSA) is 138 Å². The van der Waals surface area contributed by atoms with Crippen LogP contribution in [-0.4, -0.2) is 41.3 Å². The van der Waals surface area contributed by atoms with Gasteiger partial charge in [0.25, 0.3) is 0 Å². The van der Waals surface area contributed by atoms with Crippen LogP contribution in [0.2, 0.25) is 0 Å². The molecule has 4 rings (SSSR count). The van der Waals surface area contributed by atoms with Gasteiger partial charge < -0.3 is 43.1 Å². The molecule has 1 aromatic heterocycles. The van der Waals surface area contributed by atoms with Gasteiger partial charge in [-0.15, -0.1) is 11.3 Å². The summed E-state index contributed by atoms with van der Waals surface area (Å²) >= 11 is 1.32. The van der Waals surface area contributed by atoms with Crippen LogP contribution in [0.15, 0.2) is 48.5 Å². The number of thiophene rings is 1. The van der Waals surface area contributed by atoms with Gasteiger partial charge in [-0.1, -0.05) is 0 Å². The summed E-state index contributed by atoms with van der Waals surface area (Å²) in [6.07, 6.45) is 0. The van der Waals surface area contributed by atoms with E-state index >= 15 is 0 Å². The number of nitrogens with one attached hydrogen (secondary N) is 1. The third-order valence-corrected chi connectivity index (χ3v) is 7.49. The van der Waals surface area contributed by atoms with Gasteiger partial charge in [-0.3, -0.25) is 4.79 Å². The van der Waals surface area contributed by atoms with E-state index in [1.807, 2.05) is 11.2 Å². The Labute approximate surface area is 279 Å². The number of rotatable bonds is 10. The number of carbonyl (C=O) groups is 1. The van der Waals surface area contributed by atoms with Crippen LogP contribution in [-0.2, 0) is 4.57 Å². The third kappa shape index (κ3) is 7.17. The second-order valence-corrected chi connectivity index (χ2v) is 10.2. The summed E-state index contributed by atoms with van der Waals surface area (Å²) in [5.41, 5.74) is 1.11. The summed E-state index contributed by atoms with van der Waals surface area (Å²) < 4.78 is 39.0. The summed E-state index contributed by atoms with van der Waals surface area (Å²) in [7, 11) is 2.15. The van der Waals surface area contributed by atoms with Gasteiger partial charge in [-0.05, 0) is 54.1 Å². The molecule has 0 bridgehead atoms. The number of hydrogen-bond donors (Lipinski definition) is 1. The Kier molecular flexibility index (Phi) is 12.4. The Morgan fingerprint density at radius 1 is 0.800 bits per heavy atom. The molecular formula is C26H24NNa2O9PS. The summed E-state index contributed by atoms with van der Waals surface area (Å²) in [4.78, 5) is 37.6. The van der Waals surface area contributed by atoms with Crippen LogP contribution in [0.25, 0.3) is 20.5 Å². The van der Waals surface area contributed by atoms with Gasteiger partial charge >= 0.3 is 59.1 Å². The minimum absolute atomic E-state index is 0. The second-order valence-electron chi connectivity index (χ2n) is 7.94. The SMILES string of the molecule is COc1ccc2c(C(=O)c3cc(OC)c(OC)c(OC)c3)c(-c3ccc(OC)c(NP(=O)([O-])[O-])c3)sc2c1.[Na+].[Na+]. The predicted octanol–water partition coefficient (Wildman–Crippen LogP) is -1.91. The molecule has 200 valence electrons.